The lowest BCUT2D eigenvalue weighted by Gasteiger charge is -2.12. The molecule has 0 amide bonds. The summed E-state index contributed by atoms with van der Waals surface area (Å²) in [5.74, 6) is -0.798. The Hall–Kier alpha value is -1.14. The molecule has 0 fully saturated rings. The third-order valence-corrected chi connectivity index (χ3v) is 3.54. The molecule has 0 aliphatic rings. The van der Waals surface area contributed by atoms with Crippen LogP contribution in [0.3, 0.4) is 0 Å². The van der Waals surface area contributed by atoms with Crippen molar-refractivity contribution in [1.82, 2.24) is 4.31 Å². The van der Waals surface area contributed by atoms with Gasteiger partial charge in [-0.05, 0) is 18.2 Å². The van der Waals surface area contributed by atoms with Gasteiger partial charge in [0.1, 0.15) is 10.7 Å². The molecule has 1 aromatic carbocycles. The number of sulfonamides is 1. The summed E-state index contributed by atoms with van der Waals surface area (Å²) in [5.41, 5.74) is 5.59. The van der Waals surface area contributed by atoms with Crippen LogP contribution in [-0.4, -0.2) is 26.8 Å². The van der Waals surface area contributed by atoms with E-state index < -0.39 is 20.7 Å². The van der Waals surface area contributed by atoms with Crippen molar-refractivity contribution in [3.05, 3.63) is 24.0 Å². The third kappa shape index (κ3) is 1.85. The van der Waals surface area contributed by atoms with Crippen LogP contribution in [0.15, 0.2) is 23.1 Å². The molecule has 78 valence electrons. The van der Waals surface area contributed by atoms with Crippen molar-refractivity contribution in [2.45, 2.75) is 4.90 Å². The zero-order chi connectivity index (χ0) is 10.9. The summed E-state index contributed by atoms with van der Waals surface area (Å²) >= 11 is 0. The van der Waals surface area contributed by atoms with Gasteiger partial charge in [0.15, 0.2) is 0 Å². The van der Waals surface area contributed by atoms with E-state index in [1.807, 2.05) is 0 Å². The molecule has 0 heterocycles. The van der Waals surface area contributed by atoms with Crippen molar-refractivity contribution in [2.24, 2.45) is 0 Å². The largest absolute Gasteiger partial charge is 0.399 e. The summed E-state index contributed by atoms with van der Waals surface area (Å²) in [6, 6.07) is 3.44. The second-order valence-corrected chi connectivity index (χ2v) is 5.10. The minimum Gasteiger partial charge on any atom is -0.399 e. The Balaban J connectivity index is 3.40. The van der Waals surface area contributed by atoms with Gasteiger partial charge in [0, 0.05) is 19.8 Å². The van der Waals surface area contributed by atoms with E-state index in [9.17, 15) is 12.8 Å². The zero-order valence-corrected chi connectivity index (χ0v) is 8.68. The molecule has 0 saturated heterocycles. The Morgan fingerprint density at radius 3 is 2.43 bits per heavy atom. The van der Waals surface area contributed by atoms with E-state index in [4.69, 9.17) is 5.73 Å². The number of rotatable bonds is 2. The number of benzene rings is 1. The first kappa shape index (κ1) is 10.9. The lowest BCUT2D eigenvalue weighted by Crippen LogP contribution is -2.23. The second-order valence-electron chi connectivity index (χ2n) is 2.98. The normalized spacial score (nSPS) is 12.0. The quantitative estimate of drug-likeness (QED) is 0.742. The molecular formula is C8H11FN2O2S. The van der Waals surface area contributed by atoms with Crippen LogP contribution in [0.2, 0.25) is 0 Å². The fourth-order valence-electron chi connectivity index (χ4n) is 0.914. The van der Waals surface area contributed by atoms with Crippen molar-refractivity contribution < 1.29 is 12.8 Å². The fourth-order valence-corrected chi connectivity index (χ4v) is 1.91. The minimum atomic E-state index is -3.75. The molecule has 0 aromatic heterocycles. The summed E-state index contributed by atoms with van der Waals surface area (Å²) in [5, 5.41) is 0. The second kappa shape index (κ2) is 3.55. The predicted molar refractivity (Wildman–Crippen MR) is 51.7 cm³/mol. The molecule has 0 radical (unpaired) electrons. The maximum atomic E-state index is 13.2. The summed E-state index contributed by atoms with van der Waals surface area (Å²) in [6.45, 7) is 0. The van der Waals surface area contributed by atoms with Crippen LogP contribution in [0.5, 0.6) is 0 Å². The fraction of sp³-hybridized carbons (Fsp3) is 0.250. The average Bonchev–Trinajstić information content (AvgIpc) is 2.08. The molecule has 1 aromatic rings. The lowest BCUT2D eigenvalue weighted by atomic mass is 10.3. The van der Waals surface area contributed by atoms with Crippen LogP contribution in [0.4, 0.5) is 10.1 Å². The van der Waals surface area contributed by atoms with E-state index in [0.717, 1.165) is 16.4 Å². The van der Waals surface area contributed by atoms with Gasteiger partial charge in [-0.1, -0.05) is 0 Å². The minimum absolute atomic E-state index is 0.215. The molecule has 14 heavy (non-hydrogen) atoms. The number of hydrogen-bond donors (Lipinski definition) is 1. The third-order valence-electron chi connectivity index (χ3n) is 1.71. The Bertz CT molecular complexity index is 443. The molecule has 0 saturated carbocycles. The van der Waals surface area contributed by atoms with Gasteiger partial charge in [0.25, 0.3) is 0 Å². The van der Waals surface area contributed by atoms with E-state index in [2.05, 4.69) is 0 Å². The summed E-state index contributed by atoms with van der Waals surface area (Å²) < 4.78 is 37.2. The maximum absolute atomic E-state index is 13.2. The van der Waals surface area contributed by atoms with Gasteiger partial charge >= 0.3 is 0 Å². The van der Waals surface area contributed by atoms with Crippen molar-refractivity contribution in [3.63, 3.8) is 0 Å². The van der Waals surface area contributed by atoms with Gasteiger partial charge in [-0.25, -0.2) is 17.1 Å². The number of hydrogen-bond acceptors (Lipinski definition) is 3. The number of halogens is 1. The predicted octanol–water partition coefficient (Wildman–Crippen LogP) is 0.658. The highest BCUT2D eigenvalue weighted by Gasteiger charge is 2.21. The van der Waals surface area contributed by atoms with Crippen molar-refractivity contribution >= 4 is 15.7 Å². The summed E-state index contributed by atoms with van der Waals surface area (Å²) in [7, 11) is -1.09. The van der Waals surface area contributed by atoms with Crippen LogP contribution in [-0.2, 0) is 10.0 Å². The SMILES string of the molecule is CN(C)S(=O)(=O)c1cc(N)ccc1F. The van der Waals surface area contributed by atoms with Crippen molar-refractivity contribution in [2.75, 3.05) is 19.8 Å². The molecule has 6 heteroatoms. The standard InChI is InChI=1S/C8H11FN2O2S/c1-11(2)14(12,13)8-5-6(10)3-4-7(8)9/h3-5H,10H2,1-2H3. The number of anilines is 1. The highest BCUT2D eigenvalue weighted by Crippen LogP contribution is 2.19. The smallest absolute Gasteiger partial charge is 0.245 e. The molecule has 2 N–H and O–H groups in total. The highest BCUT2D eigenvalue weighted by atomic mass is 32.2. The molecule has 0 unspecified atom stereocenters. The van der Waals surface area contributed by atoms with Gasteiger partial charge in [-0.3, -0.25) is 0 Å². The van der Waals surface area contributed by atoms with E-state index >= 15 is 0 Å². The van der Waals surface area contributed by atoms with E-state index in [1.165, 1.54) is 20.2 Å². The Labute approximate surface area is 82.2 Å². The van der Waals surface area contributed by atoms with Gasteiger partial charge in [-0.2, -0.15) is 0 Å². The van der Waals surface area contributed by atoms with Crippen LogP contribution in [0, 0.1) is 5.82 Å². The van der Waals surface area contributed by atoms with E-state index in [0.29, 0.717) is 0 Å². The van der Waals surface area contributed by atoms with Crippen molar-refractivity contribution in [1.29, 1.82) is 0 Å². The first-order valence-electron chi connectivity index (χ1n) is 3.83. The Morgan fingerprint density at radius 1 is 1.36 bits per heavy atom. The van der Waals surface area contributed by atoms with E-state index in [-0.39, 0.29) is 5.69 Å². The van der Waals surface area contributed by atoms with Crippen LogP contribution < -0.4 is 5.73 Å². The summed E-state index contributed by atoms with van der Waals surface area (Å²) in [6.07, 6.45) is 0. The highest BCUT2D eigenvalue weighted by molar-refractivity contribution is 7.89. The first-order valence-corrected chi connectivity index (χ1v) is 5.27. The molecule has 0 bridgehead atoms. The van der Waals surface area contributed by atoms with Crippen LogP contribution >= 0.6 is 0 Å². The summed E-state index contributed by atoms with van der Waals surface area (Å²) in [4.78, 5) is -0.400. The first-order chi connectivity index (χ1) is 6.35. The molecule has 4 nitrogen and oxygen atoms in total. The van der Waals surface area contributed by atoms with Crippen molar-refractivity contribution in [3.8, 4) is 0 Å². The molecule has 0 atom stereocenters. The number of nitrogens with zero attached hydrogens (tertiary/aromatic N) is 1. The van der Waals surface area contributed by atoms with Gasteiger partial charge < -0.3 is 5.73 Å². The molecule has 0 aliphatic carbocycles. The molecular weight excluding hydrogens is 207 g/mol. The van der Waals surface area contributed by atoms with E-state index in [1.54, 1.807) is 0 Å². The van der Waals surface area contributed by atoms with Gasteiger partial charge in [0.2, 0.25) is 10.0 Å². The monoisotopic (exact) mass is 218 g/mol. The molecule has 0 aliphatic heterocycles. The van der Waals surface area contributed by atoms with Gasteiger partial charge in [-0.15, -0.1) is 0 Å². The Kier molecular flexibility index (Phi) is 2.77. The van der Waals surface area contributed by atoms with Crippen LogP contribution in [0.25, 0.3) is 0 Å². The number of nitrogen functional groups attached to an aromatic ring is 1. The maximum Gasteiger partial charge on any atom is 0.245 e. The number of nitrogens with two attached hydrogens (primary N) is 1. The average molecular weight is 218 g/mol. The van der Waals surface area contributed by atoms with Gasteiger partial charge in [0.05, 0.1) is 0 Å². The lowest BCUT2D eigenvalue weighted by molar-refractivity contribution is 0.508. The zero-order valence-electron chi connectivity index (χ0n) is 7.86. The Morgan fingerprint density at radius 2 is 1.93 bits per heavy atom. The molecule has 0 spiro atoms. The topological polar surface area (TPSA) is 63.4 Å². The van der Waals surface area contributed by atoms with Crippen LogP contribution in [0.1, 0.15) is 0 Å². The molecule has 1 rings (SSSR count).